The lowest BCUT2D eigenvalue weighted by Gasteiger charge is -2.73. The van der Waals surface area contributed by atoms with E-state index in [1.165, 1.54) is 64.2 Å². The summed E-state index contributed by atoms with van der Waals surface area (Å²) in [6, 6.07) is 0. The van der Waals surface area contributed by atoms with Crippen LogP contribution >= 0.6 is 0 Å². The maximum Gasteiger partial charge on any atom is -0.0235 e. The molecule has 0 radical (unpaired) electrons. The summed E-state index contributed by atoms with van der Waals surface area (Å²) in [4.78, 5) is 0. The molecule has 0 saturated heterocycles. The van der Waals surface area contributed by atoms with Crippen LogP contribution in [0.1, 0.15) is 119 Å². The number of hydrogen-bond acceptors (Lipinski definition) is 0. The Balaban J connectivity index is 1.56. The molecule has 27 heavy (non-hydrogen) atoms. The van der Waals surface area contributed by atoms with E-state index in [2.05, 4.69) is 41.5 Å². The van der Waals surface area contributed by atoms with Crippen molar-refractivity contribution in [1.29, 1.82) is 0 Å². The summed E-state index contributed by atoms with van der Waals surface area (Å²) >= 11 is 0. The minimum absolute atomic E-state index is 0.571. The van der Waals surface area contributed by atoms with E-state index in [-0.39, 0.29) is 0 Å². The van der Waals surface area contributed by atoms with Crippen molar-refractivity contribution in [3.8, 4) is 0 Å². The molecule has 0 nitrogen and oxygen atoms in total. The normalized spacial score (nSPS) is 59.3. The zero-order chi connectivity index (χ0) is 19.3. The second kappa shape index (κ2) is 5.57. The molecule has 0 heterocycles. The highest BCUT2D eigenvalue weighted by atomic mass is 14.7. The molecule has 0 unspecified atom stereocenters. The summed E-state index contributed by atoms with van der Waals surface area (Å²) in [5, 5.41) is 0. The lowest BCUT2D eigenvalue weighted by Crippen LogP contribution is -2.65. The number of hydrogen-bond donors (Lipinski definition) is 0. The molecule has 0 N–H and O–H groups in total. The maximum atomic E-state index is 2.80. The van der Waals surface area contributed by atoms with Crippen molar-refractivity contribution < 1.29 is 0 Å². The van der Waals surface area contributed by atoms with Crippen molar-refractivity contribution in [2.75, 3.05) is 0 Å². The summed E-state index contributed by atoms with van der Waals surface area (Å²) < 4.78 is 0. The Bertz CT molecular complexity index is 618. The monoisotopic (exact) mass is 370 g/mol. The predicted molar refractivity (Wildman–Crippen MR) is 116 cm³/mol. The van der Waals surface area contributed by atoms with Crippen molar-refractivity contribution in [1.82, 2.24) is 0 Å². The van der Waals surface area contributed by atoms with Crippen LogP contribution in [0.15, 0.2) is 0 Å². The standard InChI is InChI=1S/C27H46/c1-23(2)14-8-16-25(4)20(23)13-18-27(6)22(25)11-10-21-24(3)15-7-9-19(24)12-17-26(21,27)5/h19-22H,7-18H2,1-6H3/t19-,20+,21-,22-,24+,25+,26-,27-/m1/s1. The van der Waals surface area contributed by atoms with Crippen molar-refractivity contribution >= 4 is 0 Å². The van der Waals surface area contributed by atoms with Crippen LogP contribution in [0, 0.1) is 50.7 Å². The fourth-order valence-corrected chi connectivity index (χ4v) is 11.2. The Labute approximate surface area is 169 Å². The van der Waals surface area contributed by atoms with Gasteiger partial charge in [0.1, 0.15) is 0 Å². The number of rotatable bonds is 0. The van der Waals surface area contributed by atoms with Gasteiger partial charge in [-0.1, -0.05) is 54.4 Å². The predicted octanol–water partition coefficient (Wildman–Crippen LogP) is 8.25. The SMILES string of the molecule is CC1(C)CCC[C@]2(C)[C@H]3CC[C@@H]4[C@@]5(C)CCC[C@@H]5CC[C@@]4(C)[C@]3(C)CC[C@@H]12. The minimum atomic E-state index is 0.571. The van der Waals surface area contributed by atoms with E-state index < -0.39 is 0 Å². The van der Waals surface area contributed by atoms with E-state index >= 15 is 0 Å². The molecular weight excluding hydrogens is 324 g/mol. The smallest absolute Gasteiger partial charge is 0.0235 e. The van der Waals surface area contributed by atoms with Gasteiger partial charge in [0.2, 0.25) is 0 Å². The summed E-state index contributed by atoms with van der Waals surface area (Å²) in [5.74, 6) is 4.00. The highest BCUT2D eigenvalue weighted by Crippen LogP contribution is 2.77. The van der Waals surface area contributed by atoms with Gasteiger partial charge in [-0.15, -0.1) is 0 Å². The first-order valence-corrected chi connectivity index (χ1v) is 12.6. The van der Waals surface area contributed by atoms with Gasteiger partial charge in [0.25, 0.3) is 0 Å². The van der Waals surface area contributed by atoms with Crippen LogP contribution < -0.4 is 0 Å². The molecular formula is C27H46. The third-order valence-corrected chi connectivity index (χ3v) is 12.6. The van der Waals surface area contributed by atoms with E-state index in [4.69, 9.17) is 0 Å². The van der Waals surface area contributed by atoms with Crippen molar-refractivity contribution in [3.63, 3.8) is 0 Å². The minimum Gasteiger partial charge on any atom is -0.0596 e. The van der Waals surface area contributed by atoms with Gasteiger partial charge in [0.05, 0.1) is 0 Å². The third-order valence-electron chi connectivity index (χ3n) is 12.6. The van der Waals surface area contributed by atoms with Gasteiger partial charge >= 0.3 is 0 Å². The molecule has 5 saturated carbocycles. The highest BCUT2D eigenvalue weighted by molar-refractivity contribution is 5.18. The molecule has 154 valence electrons. The van der Waals surface area contributed by atoms with Crippen LogP contribution in [0.5, 0.6) is 0 Å². The lowest BCUT2D eigenvalue weighted by molar-refractivity contribution is -0.239. The second-order valence-electron chi connectivity index (χ2n) is 13.6. The average Bonchev–Trinajstić information content (AvgIpc) is 2.96. The molecule has 0 aromatic rings. The van der Waals surface area contributed by atoms with E-state index in [1.807, 2.05) is 0 Å². The zero-order valence-corrected chi connectivity index (χ0v) is 19.3. The molecule has 0 bridgehead atoms. The van der Waals surface area contributed by atoms with Crippen LogP contribution in [0.25, 0.3) is 0 Å². The summed E-state index contributed by atoms with van der Waals surface area (Å²) in [6.45, 7) is 16.3. The highest BCUT2D eigenvalue weighted by Gasteiger charge is 2.69. The van der Waals surface area contributed by atoms with Crippen LogP contribution in [0.4, 0.5) is 0 Å². The van der Waals surface area contributed by atoms with E-state index in [1.54, 1.807) is 12.8 Å². The molecule has 0 heteroatoms. The average molecular weight is 371 g/mol. The largest absolute Gasteiger partial charge is 0.0596 e. The number of fused-ring (bicyclic) bond motifs is 7. The van der Waals surface area contributed by atoms with Gasteiger partial charge in [0, 0.05) is 0 Å². The summed E-state index contributed by atoms with van der Waals surface area (Å²) in [6.07, 6.45) is 18.3. The quantitative estimate of drug-likeness (QED) is 0.402. The van der Waals surface area contributed by atoms with Crippen molar-refractivity contribution in [2.24, 2.45) is 50.7 Å². The second-order valence-corrected chi connectivity index (χ2v) is 13.6. The first-order chi connectivity index (χ1) is 12.6. The molecule has 0 amide bonds. The van der Waals surface area contributed by atoms with Crippen molar-refractivity contribution in [2.45, 2.75) is 119 Å². The van der Waals surface area contributed by atoms with Gasteiger partial charge in [-0.3, -0.25) is 0 Å². The Kier molecular flexibility index (Phi) is 3.92. The van der Waals surface area contributed by atoms with Crippen LogP contribution in [0.3, 0.4) is 0 Å². The lowest BCUT2D eigenvalue weighted by atomic mass is 9.32. The molecule has 5 fully saturated rings. The van der Waals surface area contributed by atoms with Crippen LogP contribution in [0.2, 0.25) is 0 Å². The maximum absolute atomic E-state index is 2.80. The Morgan fingerprint density at radius 1 is 0.481 bits per heavy atom. The molecule has 0 aliphatic heterocycles. The molecule has 8 atom stereocenters. The Hall–Kier alpha value is 0. The van der Waals surface area contributed by atoms with Gasteiger partial charge in [-0.25, -0.2) is 0 Å². The van der Waals surface area contributed by atoms with Gasteiger partial charge in [-0.05, 0) is 115 Å². The third kappa shape index (κ3) is 2.17. The molecule has 5 aliphatic carbocycles. The summed E-state index contributed by atoms with van der Waals surface area (Å²) in [5.41, 5.74) is 3.04. The fraction of sp³-hybridized carbons (Fsp3) is 1.00. The van der Waals surface area contributed by atoms with Crippen LogP contribution in [-0.4, -0.2) is 0 Å². The topological polar surface area (TPSA) is 0 Å². The van der Waals surface area contributed by atoms with Gasteiger partial charge in [-0.2, -0.15) is 0 Å². The first-order valence-electron chi connectivity index (χ1n) is 12.6. The van der Waals surface area contributed by atoms with Gasteiger partial charge < -0.3 is 0 Å². The molecule has 0 spiro atoms. The van der Waals surface area contributed by atoms with Crippen LogP contribution in [-0.2, 0) is 0 Å². The Morgan fingerprint density at radius 3 is 1.78 bits per heavy atom. The first kappa shape index (κ1) is 19.0. The van der Waals surface area contributed by atoms with E-state index in [0.717, 1.165) is 23.7 Å². The summed E-state index contributed by atoms with van der Waals surface area (Å²) in [7, 11) is 0. The van der Waals surface area contributed by atoms with E-state index in [9.17, 15) is 0 Å². The molecule has 0 aromatic heterocycles. The van der Waals surface area contributed by atoms with E-state index in [0.29, 0.717) is 27.1 Å². The fourth-order valence-electron chi connectivity index (χ4n) is 11.2. The van der Waals surface area contributed by atoms with Crippen molar-refractivity contribution in [3.05, 3.63) is 0 Å². The molecule has 0 aromatic carbocycles. The molecule has 5 rings (SSSR count). The Morgan fingerprint density at radius 2 is 1.07 bits per heavy atom. The zero-order valence-electron chi connectivity index (χ0n) is 19.3. The van der Waals surface area contributed by atoms with Gasteiger partial charge in [0.15, 0.2) is 0 Å². The molecule has 5 aliphatic rings.